The van der Waals surface area contributed by atoms with Crippen molar-refractivity contribution in [2.24, 2.45) is 0 Å². The summed E-state index contributed by atoms with van der Waals surface area (Å²) in [7, 11) is 0. The monoisotopic (exact) mass is 228 g/mol. The van der Waals surface area contributed by atoms with Gasteiger partial charge in [0, 0.05) is 13.1 Å². The van der Waals surface area contributed by atoms with Crippen LogP contribution in [0.25, 0.3) is 0 Å². The molecule has 1 unspecified atom stereocenters. The van der Waals surface area contributed by atoms with Gasteiger partial charge in [-0.2, -0.15) is 0 Å². The highest BCUT2D eigenvalue weighted by Crippen LogP contribution is 2.18. The highest BCUT2D eigenvalue weighted by molar-refractivity contribution is 5.83. The highest BCUT2D eigenvalue weighted by atomic mass is 16.5. The fourth-order valence-corrected chi connectivity index (χ4v) is 1.91. The Bertz CT molecular complexity index is 230. The maximum Gasteiger partial charge on any atom is 0.328 e. The van der Waals surface area contributed by atoms with Crippen LogP contribution in [0.1, 0.15) is 33.1 Å². The molecule has 0 aromatic carbocycles. The lowest BCUT2D eigenvalue weighted by Crippen LogP contribution is -2.52. The van der Waals surface area contributed by atoms with Crippen molar-refractivity contribution in [3.63, 3.8) is 0 Å². The number of carbonyl (C=O) groups is 2. The van der Waals surface area contributed by atoms with Crippen LogP contribution >= 0.6 is 0 Å². The van der Waals surface area contributed by atoms with Crippen molar-refractivity contribution in [2.75, 3.05) is 19.7 Å². The lowest BCUT2D eigenvalue weighted by Gasteiger charge is -2.33. The number of amides is 2. The molecule has 2 amide bonds. The molecule has 16 heavy (non-hydrogen) atoms. The van der Waals surface area contributed by atoms with E-state index >= 15 is 0 Å². The second kappa shape index (κ2) is 6.35. The van der Waals surface area contributed by atoms with Gasteiger partial charge in [0.25, 0.3) is 0 Å². The van der Waals surface area contributed by atoms with Gasteiger partial charge in [0.2, 0.25) is 0 Å². The average molecular weight is 228 g/mol. The van der Waals surface area contributed by atoms with Gasteiger partial charge in [0.15, 0.2) is 0 Å². The van der Waals surface area contributed by atoms with E-state index < -0.39 is 6.04 Å². The van der Waals surface area contributed by atoms with Crippen LogP contribution in [0.3, 0.4) is 0 Å². The van der Waals surface area contributed by atoms with E-state index in [2.05, 4.69) is 5.32 Å². The predicted octanol–water partition coefficient (Wildman–Crippen LogP) is 1.13. The first kappa shape index (κ1) is 12.8. The zero-order valence-electron chi connectivity index (χ0n) is 9.99. The standard InChI is InChI=1S/C11H20N2O3/c1-3-12-11(15)13-8-6-5-7-9(13)10(14)16-4-2/h9H,3-8H2,1-2H3,(H,12,15). The first-order valence-electron chi connectivity index (χ1n) is 5.91. The van der Waals surface area contributed by atoms with E-state index in [1.807, 2.05) is 6.92 Å². The third-order valence-electron chi connectivity index (χ3n) is 2.65. The van der Waals surface area contributed by atoms with E-state index in [1.54, 1.807) is 11.8 Å². The number of nitrogens with zero attached hydrogens (tertiary/aromatic N) is 1. The maximum absolute atomic E-state index is 11.7. The number of likely N-dealkylation sites (tertiary alicyclic amines) is 1. The molecule has 0 radical (unpaired) electrons. The van der Waals surface area contributed by atoms with E-state index in [4.69, 9.17) is 4.74 Å². The molecule has 0 aliphatic carbocycles. The van der Waals surface area contributed by atoms with Gasteiger partial charge in [-0.05, 0) is 33.1 Å². The fraction of sp³-hybridized carbons (Fsp3) is 0.818. The summed E-state index contributed by atoms with van der Waals surface area (Å²) in [5, 5.41) is 2.72. The summed E-state index contributed by atoms with van der Waals surface area (Å²) in [5.41, 5.74) is 0. The number of ether oxygens (including phenoxy) is 1. The van der Waals surface area contributed by atoms with E-state index in [1.165, 1.54) is 0 Å². The van der Waals surface area contributed by atoms with E-state index in [0.29, 0.717) is 26.1 Å². The van der Waals surface area contributed by atoms with Crippen molar-refractivity contribution in [3.05, 3.63) is 0 Å². The minimum absolute atomic E-state index is 0.166. The second-order valence-corrected chi connectivity index (χ2v) is 3.79. The van der Waals surface area contributed by atoms with Gasteiger partial charge in [0.05, 0.1) is 6.61 Å². The summed E-state index contributed by atoms with van der Waals surface area (Å²) in [6, 6.07) is -0.569. The summed E-state index contributed by atoms with van der Waals surface area (Å²) in [4.78, 5) is 25.0. The van der Waals surface area contributed by atoms with Crippen molar-refractivity contribution in [2.45, 2.75) is 39.2 Å². The van der Waals surface area contributed by atoms with Crippen LogP contribution in [0.4, 0.5) is 4.79 Å². The molecule has 0 saturated carbocycles. The SMILES string of the molecule is CCNC(=O)N1CCCCC1C(=O)OCC. The van der Waals surface area contributed by atoms with Crippen LogP contribution in [-0.2, 0) is 9.53 Å². The topological polar surface area (TPSA) is 58.6 Å². The van der Waals surface area contributed by atoms with Gasteiger partial charge < -0.3 is 15.0 Å². The summed E-state index contributed by atoms with van der Waals surface area (Å²) in [5.74, 6) is -0.284. The van der Waals surface area contributed by atoms with Gasteiger partial charge in [-0.25, -0.2) is 9.59 Å². The fourth-order valence-electron chi connectivity index (χ4n) is 1.91. The van der Waals surface area contributed by atoms with E-state index in [9.17, 15) is 9.59 Å². The molecule has 1 saturated heterocycles. The Morgan fingerprint density at radius 1 is 1.38 bits per heavy atom. The molecule has 5 heteroatoms. The summed E-state index contributed by atoms with van der Waals surface area (Å²) in [6.45, 7) is 5.21. The third-order valence-corrected chi connectivity index (χ3v) is 2.65. The smallest absolute Gasteiger partial charge is 0.328 e. The van der Waals surface area contributed by atoms with Crippen LogP contribution in [0, 0.1) is 0 Å². The summed E-state index contributed by atoms with van der Waals surface area (Å²) >= 11 is 0. The van der Waals surface area contributed by atoms with Crippen LogP contribution in [0.15, 0.2) is 0 Å². The Kier molecular flexibility index (Phi) is 5.08. The van der Waals surface area contributed by atoms with Gasteiger partial charge in [0.1, 0.15) is 6.04 Å². The Labute approximate surface area is 96.1 Å². The number of urea groups is 1. The molecule has 1 fully saturated rings. The molecular weight excluding hydrogens is 208 g/mol. The normalized spacial score (nSPS) is 20.4. The average Bonchev–Trinajstić information content (AvgIpc) is 2.30. The molecule has 0 spiro atoms. The van der Waals surface area contributed by atoms with Crippen LogP contribution in [0.2, 0.25) is 0 Å². The first-order chi connectivity index (χ1) is 7.70. The number of esters is 1. The highest BCUT2D eigenvalue weighted by Gasteiger charge is 2.32. The molecular formula is C11H20N2O3. The van der Waals surface area contributed by atoms with Gasteiger partial charge in [-0.15, -0.1) is 0 Å². The Balaban J connectivity index is 2.63. The quantitative estimate of drug-likeness (QED) is 0.737. The number of piperidine rings is 1. The third kappa shape index (κ3) is 3.12. The van der Waals surface area contributed by atoms with Crippen molar-refractivity contribution >= 4 is 12.0 Å². The molecule has 1 aliphatic heterocycles. The largest absolute Gasteiger partial charge is 0.464 e. The molecule has 5 nitrogen and oxygen atoms in total. The van der Waals surface area contributed by atoms with Crippen LogP contribution in [0.5, 0.6) is 0 Å². The zero-order chi connectivity index (χ0) is 12.0. The predicted molar refractivity (Wildman–Crippen MR) is 60.1 cm³/mol. The van der Waals surface area contributed by atoms with Crippen molar-refractivity contribution in [1.29, 1.82) is 0 Å². The Hall–Kier alpha value is -1.26. The molecule has 0 aromatic rings. The Morgan fingerprint density at radius 3 is 2.75 bits per heavy atom. The van der Waals surface area contributed by atoms with Gasteiger partial charge >= 0.3 is 12.0 Å². The van der Waals surface area contributed by atoms with Crippen LogP contribution in [-0.4, -0.2) is 42.6 Å². The first-order valence-corrected chi connectivity index (χ1v) is 5.91. The molecule has 1 aliphatic rings. The number of hydrogen-bond donors (Lipinski definition) is 1. The van der Waals surface area contributed by atoms with Crippen molar-refractivity contribution in [3.8, 4) is 0 Å². The molecule has 1 N–H and O–H groups in total. The summed E-state index contributed by atoms with van der Waals surface area (Å²) in [6.07, 6.45) is 2.63. The maximum atomic E-state index is 11.7. The van der Waals surface area contributed by atoms with E-state index in [0.717, 1.165) is 12.8 Å². The summed E-state index contributed by atoms with van der Waals surface area (Å²) < 4.78 is 4.98. The zero-order valence-corrected chi connectivity index (χ0v) is 9.99. The Morgan fingerprint density at radius 2 is 2.12 bits per heavy atom. The lowest BCUT2D eigenvalue weighted by atomic mass is 10.0. The molecule has 0 aromatic heterocycles. The number of hydrogen-bond acceptors (Lipinski definition) is 3. The van der Waals surface area contributed by atoms with E-state index in [-0.39, 0.29) is 12.0 Å². The minimum Gasteiger partial charge on any atom is -0.464 e. The molecule has 1 atom stereocenters. The molecule has 1 rings (SSSR count). The number of nitrogens with one attached hydrogen (secondary N) is 1. The lowest BCUT2D eigenvalue weighted by molar-refractivity contribution is -0.149. The van der Waals surface area contributed by atoms with Crippen molar-refractivity contribution < 1.29 is 14.3 Å². The van der Waals surface area contributed by atoms with Crippen LogP contribution < -0.4 is 5.32 Å². The van der Waals surface area contributed by atoms with Gasteiger partial charge in [-0.1, -0.05) is 0 Å². The minimum atomic E-state index is -0.403. The van der Waals surface area contributed by atoms with Gasteiger partial charge in [-0.3, -0.25) is 0 Å². The second-order valence-electron chi connectivity index (χ2n) is 3.79. The molecule has 0 bridgehead atoms. The molecule has 92 valence electrons. The van der Waals surface area contributed by atoms with Crippen molar-refractivity contribution in [1.82, 2.24) is 10.2 Å². The number of carbonyl (C=O) groups excluding carboxylic acids is 2. The molecule has 1 heterocycles. The number of rotatable bonds is 3.